The quantitative estimate of drug-likeness (QED) is 0.480. The van der Waals surface area contributed by atoms with Gasteiger partial charge in [0.25, 0.3) is 0 Å². The Morgan fingerprint density at radius 2 is 1.89 bits per heavy atom. The zero-order valence-electron chi connectivity index (χ0n) is 15.7. The van der Waals surface area contributed by atoms with E-state index in [4.69, 9.17) is 9.47 Å². The van der Waals surface area contributed by atoms with Crippen molar-refractivity contribution in [2.75, 3.05) is 38.7 Å². The molecule has 11 heteroatoms. The summed E-state index contributed by atoms with van der Waals surface area (Å²) in [4.78, 5) is 11.7. The highest BCUT2D eigenvalue weighted by molar-refractivity contribution is 7.99. The summed E-state index contributed by atoms with van der Waals surface area (Å²) in [7, 11) is -1.74. The highest BCUT2D eigenvalue weighted by Gasteiger charge is 2.26. The van der Waals surface area contributed by atoms with Crippen LogP contribution in [0.1, 0.15) is 6.92 Å². The first-order valence-electron chi connectivity index (χ1n) is 8.79. The van der Waals surface area contributed by atoms with Crippen LogP contribution in [0.2, 0.25) is 0 Å². The number of esters is 1. The minimum atomic E-state index is -3.53. The number of carbonyl (C=O) groups excluding carboxylic acids is 1. The minimum Gasteiger partial charge on any atom is -0.465 e. The number of ether oxygens (including phenoxy) is 2. The topological polar surface area (TPSA) is 104 Å². The highest BCUT2D eigenvalue weighted by Crippen LogP contribution is 2.25. The van der Waals surface area contributed by atoms with Gasteiger partial charge in [-0.05, 0) is 31.2 Å². The second-order valence-electron chi connectivity index (χ2n) is 6.00. The molecule has 1 aliphatic rings. The van der Waals surface area contributed by atoms with Crippen molar-refractivity contribution < 1.29 is 22.7 Å². The molecule has 0 spiro atoms. The van der Waals surface area contributed by atoms with Crippen molar-refractivity contribution in [1.29, 1.82) is 0 Å². The average molecular weight is 427 g/mol. The maximum atomic E-state index is 12.7. The van der Waals surface area contributed by atoms with Gasteiger partial charge in [0.05, 0.1) is 30.5 Å². The number of morpholine rings is 1. The van der Waals surface area contributed by atoms with Crippen molar-refractivity contribution in [3.05, 3.63) is 24.3 Å². The van der Waals surface area contributed by atoms with Crippen LogP contribution < -0.4 is 0 Å². The van der Waals surface area contributed by atoms with Crippen molar-refractivity contribution in [3.8, 4) is 11.4 Å². The van der Waals surface area contributed by atoms with Gasteiger partial charge in [0.15, 0.2) is 11.0 Å². The molecule has 0 amide bonds. The van der Waals surface area contributed by atoms with E-state index in [0.29, 0.717) is 43.9 Å². The molecule has 0 N–H and O–H groups in total. The lowest BCUT2D eigenvalue weighted by Crippen LogP contribution is -2.40. The Balaban J connectivity index is 1.74. The molecule has 1 aromatic heterocycles. The molecule has 28 heavy (non-hydrogen) atoms. The monoisotopic (exact) mass is 426 g/mol. The van der Waals surface area contributed by atoms with E-state index in [1.54, 1.807) is 42.8 Å². The molecular weight excluding hydrogens is 404 g/mol. The van der Waals surface area contributed by atoms with Gasteiger partial charge >= 0.3 is 5.97 Å². The van der Waals surface area contributed by atoms with E-state index in [0.717, 1.165) is 5.56 Å². The number of sulfonamides is 1. The Bertz CT molecular complexity index is 922. The molecule has 3 rings (SSSR count). The molecule has 1 aromatic carbocycles. The van der Waals surface area contributed by atoms with Crippen LogP contribution in [0.4, 0.5) is 0 Å². The third-order valence-electron chi connectivity index (χ3n) is 4.18. The first-order chi connectivity index (χ1) is 13.4. The molecule has 0 atom stereocenters. The van der Waals surface area contributed by atoms with E-state index in [2.05, 4.69) is 10.2 Å². The highest BCUT2D eigenvalue weighted by atomic mass is 32.2. The van der Waals surface area contributed by atoms with Gasteiger partial charge in [-0.3, -0.25) is 4.79 Å². The number of hydrogen-bond donors (Lipinski definition) is 0. The summed E-state index contributed by atoms with van der Waals surface area (Å²) < 4.78 is 38.7. The SMILES string of the molecule is CCOC(=O)CSc1nnc(-c2ccc(S(=O)(=O)N3CCOCC3)cc2)n1C. The molecule has 0 aliphatic carbocycles. The van der Waals surface area contributed by atoms with Crippen molar-refractivity contribution >= 4 is 27.8 Å². The largest absolute Gasteiger partial charge is 0.465 e. The molecule has 1 saturated heterocycles. The predicted octanol–water partition coefficient (Wildman–Crippen LogP) is 1.16. The minimum absolute atomic E-state index is 0.149. The lowest BCUT2D eigenvalue weighted by atomic mass is 10.2. The maximum absolute atomic E-state index is 12.7. The molecule has 2 heterocycles. The van der Waals surface area contributed by atoms with E-state index >= 15 is 0 Å². The van der Waals surface area contributed by atoms with E-state index in [-0.39, 0.29) is 16.6 Å². The Labute approximate surface area is 168 Å². The van der Waals surface area contributed by atoms with Crippen LogP contribution >= 0.6 is 11.8 Å². The molecule has 0 bridgehead atoms. The summed E-state index contributed by atoms with van der Waals surface area (Å²) in [6.07, 6.45) is 0. The molecular formula is C17H22N4O5S2. The molecule has 2 aromatic rings. The molecule has 152 valence electrons. The number of benzene rings is 1. The first kappa shape index (κ1) is 20.8. The second kappa shape index (κ2) is 9.03. The smallest absolute Gasteiger partial charge is 0.316 e. The maximum Gasteiger partial charge on any atom is 0.316 e. The van der Waals surface area contributed by atoms with Crippen molar-refractivity contribution in [3.63, 3.8) is 0 Å². The van der Waals surface area contributed by atoms with Gasteiger partial charge in [0, 0.05) is 25.7 Å². The summed E-state index contributed by atoms with van der Waals surface area (Å²) in [6.45, 7) is 3.61. The van der Waals surface area contributed by atoms with Gasteiger partial charge in [0.1, 0.15) is 0 Å². The predicted molar refractivity (Wildman–Crippen MR) is 103 cm³/mol. The zero-order valence-corrected chi connectivity index (χ0v) is 17.3. The summed E-state index contributed by atoms with van der Waals surface area (Å²) >= 11 is 1.24. The Kier molecular flexibility index (Phi) is 6.70. The number of nitrogens with zero attached hydrogens (tertiary/aromatic N) is 4. The second-order valence-corrected chi connectivity index (χ2v) is 8.88. The third-order valence-corrected chi connectivity index (χ3v) is 7.09. The Morgan fingerprint density at radius 1 is 1.21 bits per heavy atom. The van der Waals surface area contributed by atoms with Crippen molar-refractivity contribution in [1.82, 2.24) is 19.1 Å². The summed E-state index contributed by atoms with van der Waals surface area (Å²) in [6, 6.07) is 6.55. The summed E-state index contributed by atoms with van der Waals surface area (Å²) in [5, 5.41) is 8.83. The standard InChI is InChI=1S/C17H22N4O5S2/c1-3-26-15(22)12-27-17-19-18-16(20(17)2)13-4-6-14(7-5-13)28(23,24)21-8-10-25-11-9-21/h4-7H,3,8-12H2,1-2H3. The van der Waals surface area contributed by atoms with Gasteiger partial charge in [0.2, 0.25) is 10.0 Å². The Hall–Kier alpha value is -1.95. The first-order valence-corrected chi connectivity index (χ1v) is 11.2. The molecule has 1 fully saturated rings. The lowest BCUT2D eigenvalue weighted by molar-refractivity contribution is -0.139. The fourth-order valence-corrected chi connectivity index (χ4v) is 4.85. The number of hydrogen-bond acceptors (Lipinski definition) is 8. The van der Waals surface area contributed by atoms with E-state index < -0.39 is 10.0 Å². The van der Waals surface area contributed by atoms with E-state index in [1.807, 2.05) is 0 Å². The number of aromatic nitrogens is 3. The van der Waals surface area contributed by atoms with Crippen LogP contribution in [0, 0.1) is 0 Å². The van der Waals surface area contributed by atoms with Gasteiger partial charge < -0.3 is 14.0 Å². The van der Waals surface area contributed by atoms with Crippen molar-refractivity contribution in [2.24, 2.45) is 7.05 Å². The van der Waals surface area contributed by atoms with Crippen molar-refractivity contribution in [2.45, 2.75) is 17.0 Å². The molecule has 0 radical (unpaired) electrons. The van der Waals surface area contributed by atoms with Gasteiger partial charge in [-0.25, -0.2) is 8.42 Å². The number of rotatable bonds is 7. The van der Waals surface area contributed by atoms with Crippen LogP contribution in [0.5, 0.6) is 0 Å². The normalized spacial score (nSPS) is 15.5. The van der Waals surface area contributed by atoms with E-state index in [9.17, 15) is 13.2 Å². The number of thioether (sulfide) groups is 1. The average Bonchev–Trinajstić information content (AvgIpc) is 3.08. The molecule has 1 aliphatic heterocycles. The number of carbonyl (C=O) groups is 1. The molecule has 9 nitrogen and oxygen atoms in total. The summed E-state index contributed by atoms with van der Waals surface area (Å²) in [5.41, 5.74) is 0.735. The fraction of sp³-hybridized carbons (Fsp3) is 0.471. The van der Waals surface area contributed by atoms with E-state index in [1.165, 1.54) is 16.1 Å². The van der Waals surface area contributed by atoms with Crippen LogP contribution in [0.25, 0.3) is 11.4 Å². The Morgan fingerprint density at radius 3 is 2.54 bits per heavy atom. The van der Waals surface area contributed by atoms with Gasteiger partial charge in [-0.2, -0.15) is 4.31 Å². The van der Waals surface area contributed by atoms with Crippen LogP contribution in [-0.2, 0) is 31.3 Å². The summed E-state index contributed by atoms with van der Waals surface area (Å²) in [5.74, 6) is 0.424. The van der Waals surface area contributed by atoms with Crippen LogP contribution in [-0.4, -0.2) is 72.1 Å². The molecule has 0 unspecified atom stereocenters. The lowest BCUT2D eigenvalue weighted by Gasteiger charge is -2.26. The van der Waals surface area contributed by atoms with Gasteiger partial charge in [-0.15, -0.1) is 10.2 Å². The van der Waals surface area contributed by atoms with Crippen LogP contribution in [0.3, 0.4) is 0 Å². The van der Waals surface area contributed by atoms with Gasteiger partial charge in [-0.1, -0.05) is 11.8 Å². The zero-order chi connectivity index (χ0) is 20.1. The van der Waals surface area contributed by atoms with Crippen LogP contribution in [0.15, 0.2) is 34.3 Å². The molecule has 0 saturated carbocycles. The third kappa shape index (κ3) is 4.54. The fourth-order valence-electron chi connectivity index (χ4n) is 2.73.